The minimum Gasteiger partial charge on any atom is -0.454 e. The predicted molar refractivity (Wildman–Crippen MR) is 79.2 cm³/mol. The zero-order chi connectivity index (χ0) is 14.8. The molecule has 0 amide bonds. The van der Waals surface area contributed by atoms with Gasteiger partial charge in [-0.2, -0.15) is 0 Å². The SMILES string of the molecule is CN(c1ccc(F)cc1)C(CN)c1ccc2c(c1)OCO2. The van der Waals surface area contributed by atoms with E-state index in [4.69, 9.17) is 15.2 Å². The average molecular weight is 288 g/mol. The number of benzene rings is 2. The van der Waals surface area contributed by atoms with Crippen LogP contribution in [-0.4, -0.2) is 20.4 Å². The summed E-state index contributed by atoms with van der Waals surface area (Å²) < 4.78 is 23.8. The van der Waals surface area contributed by atoms with Crippen molar-refractivity contribution >= 4 is 5.69 Å². The van der Waals surface area contributed by atoms with Crippen molar-refractivity contribution < 1.29 is 13.9 Å². The number of nitrogens with two attached hydrogens (primary N) is 1. The third-order valence-corrected chi connectivity index (χ3v) is 3.71. The number of likely N-dealkylation sites (N-methyl/N-ethyl adjacent to an activating group) is 1. The molecule has 0 radical (unpaired) electrons. The van der Waals surface area contributed by atoms with E-state index in [1.165, 1.54) is 12.1 Å². The van der Waals surface area contributed by atoms with Gasteiger partial charge in [0.1, 0.15) is 5.82 Å². The van der Waals surface area contributed by atoms with Crippen molar-refractivity contribution in [3.05, 3.63) is 53.8 Å². The van der Waals surface area contributed by atoms with Gasteiger partial charge in [-0.3, -0.25) is 0 Å². The lowest BCUT2D eigenvalue weighted by atomic mass is 10.0. The van der Waals surface area contributed by atoms with Crippen LogP contribution in [0.2, 0.25) is 0 Å². The summed E-state index contributed by atoms with van der Waals surface area (Å²) in [6.45, 7) is 0.688. The molecule has 0 bridgehead atoms. The van der Waals surface area contributed by atoms with E-state index in [2.05, 4.69) is 0 Å². The first-order valence-electron chi connectivity index (χ1n) is 6.77. The molecule has 0 spiro atoms. The van der Waals surface area contributed by atoms with Crippen LogP contribution in [0.3, 0.4) is 0 Å². The molecule has 4 nitrogen and oxygen atoms in total. The molecule has 0 aromatic heterocycles. The molecule has 110 valence electrons. The van der Waals surface area contributed by atoms with E-state index >= 15 is 0 Å². The van der Waals surface area contributed by atoms with E-state index < -0.39 is 0 Å². The highest BCUT2D eigenvalue weighted by molar-refractivity contribution is 5.51. The molecule has 1 atom stereocenters. The van der Waals surface area contributed by atoms with Gasteiger partial charge in [0.25, 0.3) is 0 Å². The van der Waals surface area contributed by atoms with Crippen molar-refractivity contribution in [2.24, 2.45) is 5.73 Å². The fourth-order valence-corrected chi connectivity index (χ4v) is 2.49. The maximum atomic E-state index is 13.0. The van der Waals surface area contributed by atoms with Crippen molar-refractivity contribution in [1.29, 1.82) is 0 Å². The lowest BCUT2D eigenvalue weighted by Crippen LogP contribution is -2.30. The maximum absolute atomic E-state index is 13.0. The van der Waals surface area contributed by atoms with Gasteiger partial charge in [0.15, 0.2) is 11.5 Å². The molecule has 0 saturated heterocycles. The second-order valence-electron chi connectivity index (χ2n) is 4.95. The van der Waals surface area contributed by atoms with Crippen molar-refractivity contribution in [2.45, 2.75) is 6.04 Å². The van der Waals surface area contributed by atoms with Crippen LogP contribution in [0.4, 0.5) is 10.1 Å². The topological polar surface area (TPSA) is 47.7 Å². The zero-order valence-electron chi connectivity index (χ0n) is 11.8. The van der Waals surface area contributed by atoms with Crippen LogP contribution in [0.1, 0.15) is 11.6 Å². The fraction of sp³-hybridized carbons (Fsp3) is 0.250. The molecule has 0 fully saturated rings. The summed E-state index contributed by atoms with van der Waals surface area (Å²) in [5.41, 5.74) is 7.87. The number of hydrogen-bond acceptors (Lipinski definition) is 4. The first kappa shape index (κ1) is 13.7. The quantitative estimate of drug-likeness (QED) is 0.939. The van der Waals surface area contributed by atoms with Gasteiger partial charge in [-0.1, -0.05) is 6.07 Å². The second kappa shape index (κ2) is 5.61. The molecule has 0 saturated carbocycles. The van der Waals surface area contributed by atoms with Gasteiger partial charge in [-0.15, -0.1) is 0 Å². The molecule has 1 aliphatic heterocycles. The normalized spacial score (nSPS) is 14.0. The standard InChI is InChI=1S/C16H17FN2O2/c1-19(13-5-3-12(17)4-6-13)14(9-18)11-2-7-15-16(8-11)21-10-20-15/h2-8,14H,9-10,18H2,1H3. The predicted octanol–water partition coefficient (Wildman–Crippen LogP) is 2.69. The summed E-state index contributed by atoms with van der Waals surface area (Å²) in [5, 5.41) is 0. The number of hydrogen-bond donors (Lipinski definition) is 1. The fourth-order valence-electron chi connectivity index (χ4n) is 2.49. The monoisotopic (exact) mass is 288 g/mol. The van der Waals surface area contributed by atoms with E-state index in [1.54, 1.807) is 12.1 Å². The summed E-state index contributed by atoms with van der Waals surface area (Å²) in [6.07, 6.45) is 0. The minimum absolute atomic E-state index is 0.0232. The van der Waals surface area contributed by atoms with Gasteiger partial charge in [0, 0.05) is 19.3 Å². The number of nitrogens with zero attached hydrogens (tertiary/aromatic N) is 1. The smallest absolute Gasteiger partial charge is 0.231 e. The number of anilines is 1. The van der Waals surface area contributed by atoms with Gasteiger partial charge in [-0.25, -0.2) is 4.39 Å². The van der Waals surface area contributed by atoms with Crippen LogP contribution in [0, 0.1) is 5.82 Å². The van der Waals surface area contributed by atoms with Crippen molar-refractivity contribution in [1.82, 2.24) is 0 Å². The Labute approximate surface area is 122 Å². The van der Waals surface area contributed by atoms with E-state index in [1.807, 2.05) is 30.1 Å². The van der Waals surface area contributed by atoms with Crippen molar-refractivity contribution in [3.63, 3.8) is 0 Å². The molecule has 1 unspecified atom stereocenters. The van der Waals surface area contributed by atoms with Crippen LogP contribution < -0.4 is 20.1 Å². The molecule has 2 aromatic carbocycles. The first-order valence-corrected chi connectivity index (χ1v) is 6.77. The summed E-state index contributed by atoms with van der Waals surface area (Å²) in [7, 11) is 1.94. The lowest BCUT2D eigenvalue weighted by Gasteiger charge is -2.29. The van der Waals surface area contributed by atoms with Crippen molar-refractivity contribution in [2.75, 3.05) is 25.3 Å². The number of rotatable bonds is 4. The number of halogens is 1. The summed E-state index contributed by atoms with van der Waals surface area (Å²) >= 11 is 0. The zero-order valence-corrected chi connectivity index (χ0v) is 11.8. The number of fused-ring (bicyclic) bond motifs is 1. The Balaban J connectivity index is 1.88. The van der Waals surface area contributed by atoms with Gasteiger partial charge < -0.3 is 20.1 Å². The number of ether oxygens (including phenoxy) is 2. The highest BCUT2D eigenvalue weighted by Gasteiger charge is 2.20. The molecule has 5 heteroatoms. The van der Waals surface area contributed by atoms with E-state index in [9.17, 15) is 4.39 Å². The molecule has 2 aromatic rings. The van der Waals surface area contributed by atoms with E-state index in [-0.39, 0.29) is 18.7 Å². The van der Waals surface area contributed by atoms with Gasteiger partial charge >= 0.3 is 0 Å². The first-order chi connectivity index (χ1) is 10.2. The molecule has 1 heterocycles. The molecule has 21 heavy (non-hydrogen) atoms. The van der Waals surface area contributed by atoms with Crippen LogP contribution in [-0.2, 0) is 0 Å². The molecular weight excluding hydrogens is 271 g/mol. The lowest BCUT2D eigenvalue weighted by molar-refractivity contribution is 0.174. The molecule has 0 aliphatic carbocycles. The van der Waals surface area contributed by atoms with Crippen molar-refractivity contribution in [3.8, 4) is 11.5 Å². The highest BCUT2D eigenvalue weighted by Crippen LogP contribution is 2.35. The maximum Gasteiger partial charge on any atom is 0.231 e. The largest absolute Gasteiger partial charge is 0.454 e. The third-order valence-electron chi connectivity index (χ3n) is 3.71. The Morgan fingerprint density at radius 3 is 2.57 bits per heavy atom. The molecule has 3 rings (SSSR count). The highest BCUT2D eigenvalue weighted by atomic mass is 19.1. The van der Waals surface area contributed by atoms with Crippen LogP contribution in [0.15, 0.2) is 42.5 Å². The van der Waals surface area contributed by atoms with Crippen LogP contribution in [0.25, 0.3) is 0 Å². The average Bonchev–Trinajstić information content (AvgIpc) is 2.96. The Bertz CT molecular complexity index is 631. The summed E-state index contributed by atoms with van der Waals surface area (Å²) in [6, 6.07) is 12.2. The van der Waals surface area contributed by atoms with Crippen LogP contribution >= 0.6 is 0 Å². The Hall–Kier alpha value is -2.27. The second-order valence-corrected chi connectivity index (χ2v) is 4.95. The van der Waals surface area contributed by atoms with E-state index in [0.29, 0.717) is 6.54 Å². The van der Waals surface area contributed by atoms with Gasteiger partial charge in [-0.05, 0) is 42.0 Å². The summed E-state index contributed by atoms with van der Waals surface area (Å²) in [5.74, 6) is 1.23. The Morgan fingerprint density at radius 1 is 1.14 bits per heavy atom. The molecule has 1 aliphatic rings. The van der Waals surface area contributed by atoms with Gasteiger partial charge in [0.05, 0.1) is 6.04 Å². The molecular formula is C16H17FN2O2. The minimum atomic E-state index is -0.250. The Morgan fingerprint density at radius 2 is 1.86 bits per heavy atom. The molecule has 2 N–H and O–H groups in total. The van der Waals surface area contributed by atoms with E-state index in [0.717, 1.165) is 22.7 Å². The van der Waals surface area contributed by atoms with Crippen LogP contribution in [0.5, 0.6) is 11.5 Å². The third kappa shape index (κ3) is 2.64. The Kier molecular flexibility index (Phi) is 3.66. The van der Waals surface area contributed by atoms with Gasteiger partial charge in [0.2, 0.25) is 6.79 Å². The summed E-state index contributed by atoms with van der Waals surface area (Å²) in [4.78, 5) is 2.02.